The van der Waals surface area contributed by atoms with Crippen molar-refractivity contribution in [2.24, 2.45) is 11.0 Å². The van der Waals surface area contributed by atoms with E-state index in [0.717, 1.165) is 5.39 Å². The topological polar surface area (TPSA) is 106 Å². The van der Waals surface area contributed by atoms with Crippen molar-refractivity contribution >= 4 is 40.4 Å². The number of halogens is 4. The van der Waals surface area contributed by atoms with E-state index in [-0.39, 0.29) is 43.2 Å². The van der Waals surface area contributed by atoms with Crippen LogP contribution in [0.25, 0.3) is 10.9 Å². The van der Waals surface area contributed by atoms with Crippen molar-refractivity contribution < 1.29 is 37.0 Å². The molecular weight excluding hydrogens is 579 g/mol. The van der Waals surface area contributed by atoms with E-state index >= 15 is 0 Å². The zero-order chi connectivity index (χ0) is 30.4. The molecule has 1 N–H and O–H groups in total. The Bertz CT molecular complexity index is 1380. The minimum atomic E-state index is -4.68. The number of aromatic nitrogens is 1. The molecule has 2 fully saturated rings. The van der Waals surface area contributed by atoms with Crippen molar-refractivity contribution in [2.75, 3.05) is 13.6 Å². The lowest BCUT2D eigenvalue weighted by molar-refractivity contribution is -0.356. The highest BCUT2D eigenvalue weighted by atomic mass is 35.5. The fourth-order valence-corrected chi connectivity index (χ4v) is 5.63. The Balaban J connectivity index is 1.26. The number of hydrogen-bond acceptors (Lipinski definition) is 8. The number of ether oxygens (including phenoxy) is 3. The Hall–Kier alpha value is -3.32. The lowest BCUT2D eigenvalue weighted by Crippen LogP contribution is -2.57. The van der Waals surface area contributed by atoms with Gasteiger partial charge in [-0.1, -0.05) is 17.7 Å². The van der Waals surface area contributed by atoms with Crippen LogP contribution >= 0.6 is 11.6 Å². The molecule has 1 unspecified atom stereocenters. The minimum absolute atomic E-state index is 0.142. The quantitative estimate of drug-likeness (QED) is 0.489. The smallest absolute Gasteiger partial charge is 0.452 e. The van der Waals surface area contributed by atoms with Crippen LogP contribution in [-0.4, -0.2) is 82.8 Å². The standard InChI is InChI=1S/C28H33ClF3N5O5/c1-27(2,3)42-26(39)37-14-19(34-23(38)17-9-15-5-6-18(29)12-21(15)33-13-17)7-8-22(37)24-35-36(4)25(40-24)16-10-20(11-16)41-28(30,31)32/h5-6,9,12-13,16,19-20,22,25H,7-8,10-11,14H2,1-4H3,(H,34,38)/t16?,19-,20?,22+,25?/m0/s1. The lowest BCUT2D eigenvalue weighted by atomic mass is 9.80. The summed E-state index contributed by atoms with van der Waals surface area (Å²) < 4.78 is 53.6. The summed E-state index contributed by atoms with van der Waals surface area (Å²) in [6, 6.07) is 6.00. The molecule has 0 spiro atoms. The average Bonchev–Trinajstić information content (AvgIpc) is 3.24. The van der Waals surface area contributed by atoms with Crippen molar-refractivity contribution in [3.63, 3.8) is 0 Å². The van der Waals surface area contributed by atoms with Crippen LogP contribution in [0.2, 0.25) is 5.02 Å². The zero-order valence-corrected chi connectivity index (χ0v) is 24.4. The maximum absolute atomic E-state index is 13.3. The van der Waals surface area contributed by atoms with Crippen molar-refractivity contribution in [1.29, 1.82) is 0 Å². The van der Waals surface area contributed by atoms with Crippen molar-refractivity contribution in [3.8, 4) is 0 Å². The van der Waals surface area contributed by atoms with Crippen molar-refractivity contribution in [2.45, 2.75) is 82.8 Å². The van der Waals surface area contributed by atoms with Gasteiger partial charge in [-0.2, -0.15) is 0 Å². The number of nitrogens with one attached hydrogen (secondary N) is 1. The lowest BCUT2D eigenvalue weighted by Gasteiger charge is -2.41. The van der Waals surface area contributed by atoms with E-state index in [0.29, 0.717) is 28.9 Å². The number of likely N-dealkylation sites (tertiary alicyclic amines) is 1. The Morgan fingerprint density at radius 1 is 1.14 bits per heavy atom. The average molecular weight is 612 g/mol. The first-order valence-corrected chi connectivity index (χ1v) is 14.1. The first-order valence-electron chi connectivity index (χ1n) is 13.7. The monoisotopic (exact) mass is 611 g/mol. The molecule has 1 saturated heterocycles. The largest absolute Gasteiger partial charge is 0.522 e. The SMILES string of the molecule is CN1N=C([C@H]2CC[C@H](NC(=O)c3cnc4cc(Cl)ccc4c3)CN2C(=O)OC(C)(C)C)OC1C1CC(OC(F)(F)F)C1. The predicted molar refractivity (Wildman–Crippen MR) is 148 cm³/mol. The van der Waals surface area contributed by atoms with E-state index in [1.165, 1.54) is 11.1 Å². The van der Waals surface area contributed by atoms with Gasteiger partial charge in [-0.25, -0.2) is 4.79 Å². The van der Waals surface area contributed by atoms with E-state index in [4.69, 9.17) is 21.1 Å². The second-order valence-electron chi connectivity index (χ2n) is 11.9. The number of alkyl halides is 3. The summed E-state index contributed by atoms with van der Waals surface area (Å²) in [6.07, 6.45) is -3.96. The molecule has 10 nitrogen and oxygen atoms in total. The molecule has 2 aromatic rings. The first kappa shape index (κ1) is 30.1. The highest BCUT2D eigenvalue weighted by Crippen LogP contribution is 2.40. The maximum atomic E-state index is 13.3. The van der Waals surface area contributed by atoms with Gasteiger partial charge in [0.25, 0.3) is 5.91 Å². The maximum Gasteiger partial charge on any atom is 0.522 e. The van der Waals surface area contributed by atoms with E-state index in [1.807, 2.05) is 0 Å². The number of carbonyl (C=O) groups excluding carboxylic acids is 2. The fourth-order valence-electron chi connectivity index (χ4n) is 5.46. The summed E-state index contributed by atoms with van der Waals surface area (Å²) >= 11 is 6.03. The van der Waals surface area contributed by atoms with Crippen LogP contribution in [0.15, 0.2) is 35.6 Å². The molecular formula is C28H33ClF3N5O5. The van der Waals surface area contributed by atoms with Crippen LogP contribution in [0.1, 0.15) is 56.8 Å². The molecule has 228 valence electrons. The third-order valence-electron chi connectivity index (χ3n) is 7.44. The molecule has 14 heteroatoms. The number of benzene rings is 1. The molecule has 3 aliphatic rings. The number of nitrogens with zero attached hydrogens (tertiary/aromatic N) is 4. The van der Waals surface area contributed by atoms with Gasteiger partial charge in [0, 0.05) is 42.2 Å². The van der Waals surface area contributed by atoms with E-state index in [1.54, 1.807) is 57.1 Å². The second-order valence-corrected chi connectivity index (χ2v) is 12.3. The molecule has 3 atom stereocenters. The Morgan fingerprint density at radius 2 is 1.88 bits per heavy atom. The van der Waals surface area contributed by atoms with Gasteiger partial charge in [0.15, 0.2) is 6.23 Å². The Morgan fingerprint density at radius 3 is 2.57 bits per heavy atom. The number of amides is 2. The van der Waals surface area contributed by atoms with Gasteiger partial charge >= 0.3 is 12.5 Å². The van der Waals surface area contributed by atoms with Crippen molar-refractivity contribution in [1.82, 2.24) is 20.2 Å². The number of fused-ring (bicyclic) bond motifs is 1. The van der Waals surface area contributed by atoms with Crippen LogP contribution in [0, 0.1) is 5.92 Å². The molecule has 2 aliphatic heterocycles. The Kier molecular flexibility index (Phi) is 8.18. The van der Waals surface area contributed by atoms with Crippen LogP contribution in [0.4, 0.5) is 18.0 Å². The van der Waals surface area contributed by atoms with Crippen LogP contribution in [0.3, 0.4) is 0 Å². The molecule has 0 bridgehead atoms. The van der Waals surface area contributed by atoms with Crippen LogP contribution in [-0.2, 0) is 14.2 Å². The van der Waals surface area contributed by atoms with Crippen molar-refractivity contribution in [3.05, 3.63) is 41.0 Å². The molecule has 1 aromatic carbocycles. The summed E-state index contributed by atoms with van der Waals surface area (Å²) in [5, 5.41) is 10.4. The molecule has 5 rings (SSSR count). The number of hydrazone groups is 1. The summed E-state index contributed by atoms with van der Waals surface area (Å²) in [5.74, 6) is -0.252. The number of carbonyl (C=O) groups is 2. The molecule has 2 amide bonds. The van der Waals surface area contributed by atoms with Gasteiger partial charge in [0.05, 0.1) is 17.2 Å². The molecule has 1 aromatic heterocycles. The third kappa shape index (κ3) is 7.00. The minimum Gasteiger partial charge on any atom is -0.452 e. The number of pyridine rings is 1. The molecule has 3 heterocycles. The number of hydrogen-bond donors (Lipinski definition) is 1. The van der Waals surface area contributed by atoms with E-state index in [9.17, 15) is 22.8 Å². The summed E-state index contributed by atoms with van der Waals surface area (Å²) in [5.41, 5.74) is 0.271. The van der Waals surface area contributed by atoms with Crippen LogP contribution < -0.4 is 5.32 Å². The summed E-state index contributed by atoms with van der Waals surface area (Å²) in [4.78, 5) is 32.3. The number of rotatable bonds is 5. The normalized spacial score (nSPS) is 26.4. The van der Waals surface area contributed by atoms with Gasteiger partial charge in [0.2, 0.25) is 5.90 Å². The van der Waals surface area contributed by atoms with Gasteiger partial charge in [-0.15, -0.1) is 18.3 Å². The summed E-state index contributed by atoms with van der Waals surface area (Å²) in [7, 11) is 1.69. The van der Waals surface area contributed by atoms with Gasteiger partial charge in [0.1, 0.15) is 11.6 Å². The van der Waals surface area contributed by atoms with Gasteiger partial charge in [-0.05, 0) is 64.7 Å². The van der Waals surface area contributed by atoms with Gasteiger partial charge in [-0.3, -0.25) is 24.4 Å². The zero-order valence-electron chi connectivity index (χ0n) is 23.7. The predicted octanol–water partition coefficient (Wildman–Crippen LogP) is 5.30. The molecule has 1 saturated carbocycles. The van der Waals surface area contributed by atoms with Gasteiger partial charge < -0.3 is 14.8 Å². The first-order chi connectivity index (χ1) is 19.6. The molecule has 0 radical (unpaired) electrons. The van der Waals surface area contributed by atoms with E-state index in [2.05, 4.69) is 20.1 Å². The summed E-state index contributed by atoms with van der Waals surface area (Å²) in [6.45, 7) is 5.41. The van der Waals surface area contributed by atoms with Crippen LogP contribution in [0.5, 0.6) is 0 Å². The number of piperidine rings is 1. The van der Waals surface area contributed by atoms with E-state index < -0.39 is 36.4 Å². The highest BCUT2D eigenvalue weighted by molar-refractivity contribution is 6.31. The second kappa shape index (κ2) is 11.4. The third-order valence-corrected chi connectivity index (χ3v) is 7.67. The fraction of sp³-hybridized carbons (Fsp3) is 0.571. The molecule has 1 aliphatic carbocycles. The molecule has 42 heavy (non-hydrogen) atoms. The Labute approximate surface area is 246 Å². The highest BCUT2D eigenvalue weighted by Gasteiger charge is 2.48.